The number of hydrogen-bond donors (Lipinski definition) is 2. The maximum atomic E-state index is 12.8. The summed E-state index contributed by atoms with van der Waals surface area (Å²) in [5, 5.41) is 2.46. The Labute approximate surface area is 208 Å². The molecule has 1 aromatic carbocycles. The summed E-state index contributed by atoms with van der Waals surface area (Å²) in [6.45, 7) is 15.8. The third-order valence-electron chi connectivity index (χ3n) is 5.76. The Kier molecular flexibility index (Phi) is 9.88. The SMILES string of the molecule is CCC(C)(C)C(=O)Oc1ccc(CC(NC(=O)OC(C)(C)C)C(N)=O)cc1OC(=O)C(C)(C)CC. The van der Waals surface area contributed by atoms with Gasteiger partial charge in [0.25, 0.3) is 0 Å². The number of rotatable bonds is 10. The number of nitrogens with two attached hydrogens (primary N) is 1. The molecule has 0 bridgehead atoms. The van der Waals surface area contributed by atoms with Crippen molar-refractivity contribution in [3.05, 3.63) is 23.8 Å². The van der Waals surface area contributed by atoms with Crippen LogP contribution in [0.3, 0.4) is 0 Å². The molecule has 1 unspecified atom stereocenters. The number of ether oxygens (including phenoxy) is 3. The highest BCUT2D eigenvalue weighted by atomic mass is 16.6. The molecule has 196 valence electrons. The van der Waals surface area contributed by atoms with Gasteiger partial charge in [0.1, 0.15) is 11.6 Å². The topological polar surface area (TPSA) is 134 Å². The Balaban J connectivity index is 3.29. The predicted molar refractivity (Wildman–Crippen MR) is 132 cm³/mol. The number of alkyl carbamates (subject to hydrolysis) is 1. The van der Waals surface area contributed by atoms with Crippen LogP contribution in [0.4, 0.5) is 4.79 Å². The maximum Gasteiger partial charge on any atom is 0.408 e. The molecule has 0 radical (unpaired) electrons. The van der Waals surface area contributed by atoms with E-state index in [0.717, 1.165) is 0 Å². The van der Waals surface area contributed by atoms with E-state index in [9.17, 15) is 19.2 Å². The summed E-state index contributed by atoms with van der Waals surface area (Å²) in [5.41, 5.74) is 3.75. The second kappa shape index (κ2) is 11.6. The van der Waals surface area contributed by atoms with Crippen molar-refractivity contribution in [2.24, 2.45) is 16.6 Å². The van der Waals surface area contributed by atoms with Crippen LogP contribution in [0, 0.1) is 10.8 Å². The van der Waals surface area contributed by atoms with Gasteiger partial charge in [0.2, 0.25) is 5.91 Å². The van der Waals surface area contributed by atoms with Gasteiger partial charge in [-0.25, -0.2) is 4.79 Å². The van der Waals surface area contributed by atoms with Crippen molar-refractivity contribution in [2.75, 3.05) is 0 Å². The highest BCUT2D eigenvalue weighted by Gasteiger charge is 2.32. The van der Waals surface area contributed by atoms with Gasteiger partial charge in [-0.1, -0.05) is 19.9 Å². The molecule has 0 saturated heterocycles. The van der Waals surface area contributed by atoms with E-state index in [2.05, 4.69) is 5.32 Å². The molecule has 1 aromatic rings. The molecular formula is C26H40N2O7. The number of nitrogens with one attached hydrogen (secondary N) is 1. The molecule has 0 aliphatic heterocycles. The molecule has 35 heavy (non-hydrogen) atoms. The van der Waals surface area contributed by atoms with Crippen LogP contribution in [-0.4, -0.2) is 35.6 Å². The van der Waals surface area contributed by atoms with Crippen molar-refractivity contribution >= 4 is 23.9 Å². The molecule has 0 fully saturated rings. The van der Waals surface area contributed by atoms with Crippen LogP contribution >= 0.6 is 0 Å². The molecule has 0 aliphatic rings. The van der Waals surface area contributed by atoms with Crippen molar-refractivity contribution < 1.29 is 33.4 Å². The quantitative estimate of drug-likeness (QED) is 0.367. The first-order valence-corrected chi connectivity index (χ1v) is 11.8. The molecule has 0 saturated carbocycles. The zero-order valence-electron chi connectivity index (χ0n) is 22.4. The summed E-state index contributed by atoms with van der Waals surface area (Å²) < 4.78 is 16.4. The number of primary amides is 1. The second-order valence-corrected chi connectivity index (χ2v) is 10.8. The molecule has 0 heterocycles. The highest BCUT2D eigenvalue weighted by Crippen LogP contribution is 2.34. The number of hydrogen-bond acceptors (Lipinski definition) is 7. The van der Waals surface area contributed by atoms with Crippen LogP contribution in [0.5, 0.6) is 11.5 Å². The zero-order valence-corrected chi connectivity index (χ0v) is 22.4. The van der Waals surface area contributed by atoms with E-state index in [0.29, 0.717) is 18.4 Å². The van der Waals surface area contributed by atoms with Crippen molar-refractivity contribution in [3.63, 3.8) is 0 Å². The average Bonchev–Trinajstić information content (AvgIpc) is 2.73. The van der Waals surface area contributed by atoms with Crippen LogP contribution in [0.15, 0.2) is 18.2 Å². The summed E-state index contributed by atoms with van der Waals surface area (Å²) in [6.07, 6.45) is 0.307. The van der Waals surface area contributed by atoms with E-state index < -0.39 is 46.4 Å². The minimum atomic E-state index is -1.08. The molecule has 2 amide bonds. The molecule has 0 aliphatic carbocycles. The Morgan fingerprint density at radius 2 is 1.34 bits per heavy atom. The van der Waals surface area contributed by atoms with E-state index >= 15 is 0 Å². The fourth-order valence-corrected chi connectivity index (χ4v) is 2.52. The zero-order chi connectivity index (χ0) is 27.2. The van der Waals surface area contributed by atoms with Gasteiger partial charge in [0.05, 0.1) is 10.8 Å². The lowest BCUT2D eigenvalue weighted by Crippen LogP contribution is -2.47. The van der Waals surface area contributed by atoms with Crippen molar-refractivity contribution in [3.8, 4) is 11.5 Å². The molecule has 1 atom stereocenters. The van der Waals surface area contributed by atoms with Crippen LogP contribution in [0.1, 0.15) is 80.7 Å². The van der Waals surface area contributed by atoms with E-state index in [1.807, 2.05) is 13.8 Å². The predicted octanol–water partition coefficient (Wildman–Crippen LogP) is 4.29. The minimum absolute atomic E-state index is 0.00494. The van der Waals surface area contributed by atoms with Crippen LogP contribution in [-0.2, 0) is 25.5 Å². The highest BCUT2D eigenvalue weighted by molar-refractivity contribution is 5.85. The summed E-state index contributed by atoms with van der Waals surface area (Å²) >= 11 is 0. The van der Waals surface area contributed by atoms with Crippen LogP contribution in [0.25, 0.3) is 0 Å². The smallest absolute Gasteiger partial charge is 0.408 e. The molecule has 3 N–H and O–H groups in total. The van der Waals surface area contributed by atoms with Crippen LogP contribution in [0.2, 0.25) is 0 Å². The monoisotopic (exact) mass is 492 g/mol. The lowest BCUT2D eigenvalue weighted by Gasteiger charge is -2.24. The number of amides is 2. The largest absolute Gasteiger partial charge is 0.444 e. The van der Waals surface area contributed by atoms with E-state index in [-0.39, 0.29) is 17.9 Å². The lowest BCUT2D eigenvalue weighted by atomic mass is 9.90. The van der Waals surface area contributed by atoms with Gasteiger partial charge in [0.15, 0.2) is 11.5 Å². The Morgan fingerprint density at radius 3 is 1.77 bits per heavy atom. The lowest BCUT2D eigenvalue weighted by molar-refractivity contribution is -0.147. The molecule has 9 heteroatoms. The number of carbonyl (C=O) groups excluding carboxylic acids is 4. The average molecular weight is 493 g/mol. The molecule has 9 nitrogen and oxygen atoms in total. The fraction of sp³-hybridized carbons (Fsp3) is 0.615. The first-order chi connectivity index (χ1) is 15.9. The first-order valence-electron chi connectivity index (χ1n) is 11.8. The van der Waals surface area contributed by atoms with E-state index in [4.69, 9.17) is 19.9 Å². The molecule has 1 rings (SSSR count). The minimum Gasteiger partial charge on any atom is -0.444 e. The number of esters is 2. The fourth-order valence-electron chi connectivity index (χ4n) is 2.52. The Hall–Kier alpha value is -3.10. The standard InChI is InChI=1S/C26H40N2O7/c1-10-25(6,7)21(30)33-18-13-12-16(15-19(18)34-22(31)26(8,9)11-2)14-17(20(27)29)28-23(32)35-24(3,4)5/h12-13,15,17H,10-11,14H2,1-9H3,(H2,27,29)(H,28,32). The van der Waals surface area contributed by atoms with Gasteiger partial charge >= 0.3 is 18.0 Å². The van der Waals surface area contributed by atoms with Crippen molar-refractivity contribution in [2.45, 2.75) is 93.2 Å². The van der Waals surface area contributed by atoms with Gasteiger partial charge < -0.3 is 25.3 Å². The first kappa shape index (κ1) is 29.9. The van der Waals surface area contributed by atoms with E-state index in [1.165, 1.54) is 12.1 Å². The molecule has 0 spiro atoms. The number of carbonyl (C=O) groups is 4. The summed E-state index contributed by atoms with van der Waals surface area (Å²) in [5.74, 6) is -1.61. The third kappa shape index (κ3) is 9.22. The molecule has 0 aromatic heterocycles. The van der Waals surface area contributed by atoms with Gasteiger partial charge in [-0.2, -0.15) is 0 Å². The van der Waals surface area contributed by atoms with Gasteiger partial charge in [-0.3, -0.25) is 14.4 Å². The number of benzene rings is 1. The normalized spacial score (nSPS) is 12.9. The van der Waals surface area contributed by atoms with Crippen molar-refractivity contribution in [1.82, 2.24) is 5.32 Å². The van der Waals surface area contributed by atoms with Gasteiger partial charge in [-0.15, -0.1) is 0 Å². The second-order valence-electron chi connectivity index (χ2n) is 10.8. The maximum absolute atomic E-state index is 12.8. The summed E-state index contributed by atoms with van der Waals surface area (Å²) in [4.78, 5) is 49.6. The van der Waals surface area contributed by atoms with Crippen molar-refractivity contribution in [1.29, 1.82) is 0 Å². The van der Waals surface area contributed by atoms with Gasteiger partial charge in [-0.05, 0) is 79.0 Å². The van der Waals surface area contributed by atoms with Crippen LogP contribution < -0.4 is 20.5 Å². The summed E-state index contributed by atoms with van der Waals surface area (Å²) in [6, 6.07) is 3.52. The third-order valence-corrected chi connectivity index (χ3v) is 5.76. The Morgan fingerprint density at radius 1 is 0.857 bits per heavy atom. The Bertz CT molecular complexity index is 946. The van der Waals surface area contributed by atoms with Gasteiger partial charge in [0, 0.05) is 6.42 Å². The molecular weight excluding hydrogens is 452 g/mol. The van der Waals surface area contributed by atoms with E-state index in [1.54, 1.807) is 54.5 Å². The summed E-state index contributed by atoms with van der Waals surface area (Å²) in [7, 11) is 0.